The van der Waals surface area contributed by atoms with E-state index in [-0.39, 0.29) is 11.9 Å². The van der Waals surface area contributed by atoms with Gasteiger partial charge in [0.25, 0.3) is 0 Å². The van der Waals surface area contributed by atoms with E-state index in [1.54, 1.807) is 12.4 Å². The summed E-state index contributed by atoms with van der Waals surface area (Å²) < 4.78 is 0. The molecule has 0 spiro atoms. The smallest absolute Gasteiger partial charge is 0.237 e. The Kier molecular flexibility index (Phi) is 5.63. The van der Waals surface area contributed by atoms with Crippen LogP contribution in [-0.2, 0) is 4.79 Å². The van der Waals surface area contributed by atoms with E-state index < -0.39 is 6.04 Å². The minimum atomic E-state index is -0.403. The molecule has 1 unspecified atom stereocenters. The van der Waals surface area contributed by atoms with Gasteiger partial charge in [-0.2, -0.15) is 0 Å². The van der Waals surface area contributed by atoms with Crippen LogP contribution in [0.4, 0.5) is 0 Å². The molecule has 2 atom stereocenters. The highest BCUT2D eigenvalue weighted by molar-refractivity contribution is 5.81. The van der Waals surface area contributed by atoms with Gasteiger partial charge in [0.2, 0.25) is 5.91 Å². The highest BCUT2D eigenvalue weighted by Gasteiger charge is 2.15. The van der Waals surface area contributed by atoms with Crippen molar-refractivity contribution >= 4 is 5.91 Å². The van der Waals surface area contributed by atoms with Crippen LogP contribution < -0.4 is 11.1 Å². The van der Waals surface area contributed by atoms with Crippen LogP contribution in [0.5, 0.6) is 0 Å². The molecule has 0 aromatic carbocycles. The Balaban J connectivity index is 2.46. The molecule has 1 aromatic heterocycles. The Morgan fingerprint density at radius 2 is 2.12 bits per heavy atom. The van der Waals surface area contributed by atoms with Crippen LogP contribution in [0, 0.1) is 0 Å². The molecule has 17 heavy (non-hydrogen) atoms. The molecular weight excluding hydrogens is 214 g/mol. The quantitative estimate of drug-likeness (QED) is 0.789. The number of pyridine rings is 1. The van der Waals surface area contributed by atoms with Crippen molar-refractivity contribution in [3.63, 3.8) is 0 Å². The lowest BCUT2D eigenvalue weighted by atomic mass is 10.1. The largest absolute Gasteiger partial charge is 0.348 e. The standard InChI is InChI=1S/C13H21N3O/c1-3-4-5-12(14)13(17)16-10(2)11-6-8-15-9-7-11/h6-10,12H,3-5,14H2,1-2H3,(H,16,17)/t10-,12?/m0/s1. The van der Waals surface area contributed by atoms with E-state index >= 15 is 0 Å². The lowest BCUT2D eigenvalue weighted by molar-refractivity contribution is -0.123. The topological polar surface area (TPSA) is 68.0 Å². The molecule has 4 heteroatoms. The molecule has 0 saturated carbocycles. The summed E-state index contributed by atoms with van der Waals surface area (Å²) in [5.41, 5.74) is 6.84. The fourth-order valence-corrected chi connectivity index (χ4v) is 1.61. The fraction of sp³-hybridized carbons (Fsp3) is 0.538. The van der Waals surface area contributed by atoms with Crippen molar-refractivity contribution in [2.45, 2.75) is 45.2 Å². The molecule has 1 amide bonds. The van der Waals surface area contributed by atoms with Gasteiger partial charge in [0.05, 0.1) is 12.1 Å². The van der Waals surface area contributed by atoms with Gasteiger partial charge in [0.15, 0.2) is 0 Å². The monoisotopic (exact) mass is 235 g/mol. The molecule has 4 nitrogen and oxygen atoms in total. The number of hydrogen-bond acceptors (Lipinski definition) is 3. The van der Waals surface area contributed by atoms with E-state index in [4.69, 9.17) is 5.73 Å². The molecule has 1 rings (SSSR count). The molecule has 94 valence electrons. The summed E-state index contributed by atoms with van der Waals surface area (Å²) in [6.45, 7) is 4.03. The van der Waals surface area contributed by atoms with Crippen LogP contribution >= 0.6 is 0 Å². The number of nitrogens with zero attached hydrogens (tertiary/aromatic N) is 1. The normalized spacial score (nSPS) is 14.1. The maximum atomic E-state index is 11.8. The first-order chi connectivity index (χ1) is 8.15. The summed E-state index contributed by atoms with van der Waals surface area (Å²) in [7, 11) is 0. The van der Waals surface area contributed by atoms with Gasteiger partial charge in [-0.1, -0.05) is 19.8 Å². The molecule has 0 bridgehead atoms. The van der Waals surface area contributed by atoms with Crippen molar-refractivity contribution in [3.8, 4) is 0 Å². The lowest BCUT2D eigenvalue weighted by Crippen LogP contribution is -2.41. The summed E-state index contributed by atoms with van der Waals surface area (Å²) in [4.78, 5) is 15.7. The molecular formula is C13H21N3O. The SMILES string of the molecule is CCCCC(N)C(=O)N[C@@H](C)c1ccncc1. The third-order valence-electron chi connectivity index (χ3n) is 2.77. The Morgan fingerprint density at radius 1 is 1.47 bits per heavy atom. The molecule has 0 radical (unpaired) electrons. The second kappa shape index (κ2) is 7.01. The summed E-state index contributed by atoms with van der Waals surface area (Å²) in [6, 6.07) is 3.35. The van der Waals surface area contributed by atoms with Crippen LogP contribution in [0.25, 0.3) is 0 Å². The van der Waals surface area contributed by atoms with Gasteiger partial charge in [-0.3, -0.25) is 9.78 Å². The molecule has 0 aliphatic rings. The number of unbranched alkanes of at least 4 members (excludes halogenated alkanes) is 1. The van der Waals surface area contributed by atoms with Gasteiger partial charge in [0.1, 0.15) is 0 Å². The summed E-state index contributed by atoms with van der Waals surface area (Å²) in [6.07, 6.45) is 6.22. The number of nitrogens with one attached hydrogen (secondary N) is 1. The van der Waals surface area contributed by atoms with Crippen LogP contribution in [0.15, 0.2) is 24.5 Å². The first-order valence-corrected chi connectivity index (χ1v) is 6.11. The molecule has 0 aliphatic heterocycles. The highest BCUT2D eigenvalue weighted by atomic mass is 16.2. The number of hydrogen-bond donors (Lipinski definition) is 2. The van der Waals surface area contributed by atoms with Crippen molar-refractivity contribution in [1.29, 1.82) is 0 Å². The van der Waals surface area contributed by atoms with Crippen molar-refractivity contribution in [2.75, 3.05) is 0 Å². The van der Waals surface area contributed by atoms with E-state index in [1.807, 2.05) is 19.1 Å². The summed E-state index contributed by atoms with van der Waals surface area (Å²) in [5.74, 6) is -0.0808. The third kappa shape index (κ3) is 4.53. The van der Waals surface area contributed by atoms with Crippen molar-refractivity contribution in [3.05, 3.63) is 30.1 Å². The summed E-state index contributed by atoms with van der Waals surface area (Å²) >= 11 is 0. The zero-order valence-corrected chi connectivity index (χ0v) is 10.5. The number of carbonyl (C=O) groups excluding carboxylic acids is 1. The van der Waals surface area contributed by atoms with Crippen LogP contribution in [-0.4, -0.2) is 16.9 Å². The van der Waals surface area contributed by atoms with E-state index in [0.29, 0.717) is 0 Å². The van der Waals surface area contributed by atoms with Crippen LogP contribution in [0.3, 0.4) is 0 Å². The number of nitrogens with two attached hydrogens (primary N) is 1. The average Bonchev–Trinajstić information content (AvgIpc) is 2.36. The van der Waals surface area contributed by atoms with E-state index in [0.717, 1.165) is 24.8 Å². The van der Waals surface area contributed by atoms with E-state index in [9.17, 15) is 4.79 Å². The lowest BCUT2D eigenvalue weighted by Gasteiger charge is -2.17. The van der Waals surface area contributed by atoms with Crippen molar-refractivity contribution in [1.82, 2.24) is 10.3 Å². The maximum absolute atomic E-state index is 11.8. The fourth-order valence-electron chi connectivity index (χ4n) is 1.61. The molecule has 0 fully saturated rings. The predicted molar refractivity (Wildman–Crippen MR) is 68.3 cm³/mol. The third-order valence-corrected chi connectivity index (χ3v) is 2.77. The number of carbonyl (C=O) groups is 1. The van der Waals surface area contributed by atoms with Crippen molar-refractivity contribution < 1.29 is 4.79 Å². The molecule has 0 aliphatic carbocycles. The Labute approximate surface area is 103 Å². The van der Waals surface area contributed by atoms with Gasteiger partial charge in [-0.25, -0.2) is 0 Å². The zero-order chi connectivity index (χ0) is 12.7. The number of amides is 1. The molecule has 1 aromatic rings. The second-order valence-corrected chi connectivity index (χ2v) is 4.26. The second-order valence-electron chi connectivity index (χ2n) is 4.26. The first kappa shape index (κ1) is 13.6. The van der Waals surface area contributed by atoms with Gasteiger partial charge < -0.3 is 11.1 Å². The first-order valence-electron chi connectivity index (χ1n) is 6.11. The van der Waals surface area contributed by atoms with Crippen LogP contribution in [0.2, 0.25) is 0 Å². The van der Waals surface area contributed by atoms with Gasteiger partial charge in [-0.15, -0.1) is 0 Å². The molecule has 3 N–H and O–H groups in total. The average molecular weight is 235 g/mol. The van der Waals surface area contributed by atoms with E-state index in [2.05, 4.69) is 17.2 Å². The summed E-state index contributed by atoms with van der Waals surface area (Å²) in [5, 5.41) is 2.91. The maximum Gasteiger partial charge on any atom is 0.237 e. The van der Waals surface area contributed by atoms with E-state index in [1.165, 1.54) is 0 Å². The minimum Gasteiger partial charge on any atom is -0.348 e. The highest BCUT2D eigenvalue weighted by Crippen LogP contribution is 2.10. The van der Waals surface area contributed by atoms with Gasteiger partial charge >= 0.3 is 0 Å². The molecule has 1 heterocycles. The predicted octanol–water partition coefficient (Wildman–Crippen LogP) is 1.78. The Morgan fingerprint density at radius 3 is 2.71 bits per heavy atom. The number of aromatic nitrogens is 1. The Hall–Kier alpha value is -1.42. The van der Waals surface area contributed by atoms with Crippen molar-refractivity contribution in [2.24, 2.45) is 5.73 Å². The zero-order valence-electron chi connectivity index (χ0n) is 10.5. The van der Waals surface area contributed by atoms with Gasteiger partial charge in [0, 0.05) is 12.4 Å². The van der Waals surface area contributed by atoms with Gasteiger partial charge in [-0.05, 0) is 31.0 Å². The molecule has 0 saturated heterocycles. The minimum absolute atomic E-state index is 0.0295. The number of rotatable bonds is 6. The van der Waals surface area contributed by atoms with Crippen LogP contribution in [0.1, 0.15) is 44.7 Å². The Bertz CT molecular complexity index is 340.